The molecule has 5 heteroatoms. The monoisotopic (exact) mass is 278 g/mol. The maximum absolute atomic E-state index is 5.69. The summed E-state index contributed by atoms with van der Waals surface area (Å²) in [7, 11) is 0. The lowest BCUT2D eigenvalue weighted by molar-refractivity contribution is 0.463. The van der Waals surface area contributed by atoms with Crippen molar-refractivity contribution >= 4 is 11.6 Å². The van der Waals surface area contributed by atoms with Gasteiger partial charge < -0.3 is 10.1 Å². The molecular formula is C16H14N4O. The van der Waals surface area contributed by atoms with E-state index < -0.39 is 0 Å². The van der Waals surface area contributed by atoms with Crippen molar-refractivity contribution in [3.63, 3.8) is 0 Å². The standard InChI is InChI=1S/C16H14N4O/c1-12-8-10-18-16(19-12)20-13-5-4-6-14(11-13)21-15-7-2-3-9-17-15/h2-11H,1H3,(H,18,19,20). The summed E-state index contributed by atoms with van der Waals surface area (Å²) in [6.45, 7) is 1.92. The van der Waals surface area contributed by atoms with E-state index in [-0.39, 0.29) is 0 Å². The molecule has 3 aromatic rings. The van der Waals surface area contributed by atoms with Crippen LogP contribution in [0, 0.1) is 6.92 Å². The van der Waals surface area contributed by atoms with Gasteiger partial charge in [0.05, 0.1) is 0 Å². The quantitative estimate of drug-likeness (QED) is 0.788. The molecule has 0 saturated carbocycles. The van der Waals surface area contributed by atoms with Gasteiger partial charge in [0.2, 0.25) is 11.8 Å². The van der Waals surface area contributed by atoms with E-state index in [0.717, 1.165) is 11.4 Å². The number of ether oxygens (including phenoxy) is 1. The van der Waals surface area contributed by atoms with Crippen molar-refractivity contribution in [3.8, 4) is 11.6 Å². The minimum atomic E-state index is 0.557. The van der Waals surface area contributed by atoms with Gasteiger partial charge in [-0.25, -0.2) is 15.0 Å². The lowest BCUT2D eigenvalue weighted by atomic mass is 10.3. The number of aryl methyl sites for hydroxylation is 1. The molecule has 0 unspecified atom stereocenters. The number of hydrogen-bond acceptors (Lipinski definition) is 5. The zero-order valence-corrected chi connectivity index (χ0v) is 11.5. The molecule has 1 aromatic carbocycles. The lowest BCUT2D eigenvalue weighted by Gasteiger charge is -2.08. The van der Waals surface area contributed by atoms with Gasteiger partial charge in [-0.1, -0.05) is 12.1 Å². The second kappa shape index (κ2) is 6.00. The van der Waals surface area contributed by atoms with Gasteiger partial charge in [-0.05, 0) is 31.2 Å². The summed E-state index contributed by atoms with van der Waals surface area (Å²) in [6, 6.07) is 15.0. The molecule has 0 aliphatic rings. The van der Waals surface area contributed by atoms with Crippen molar-refractivity contribution in [2.45, 2.75) is 6.92 Å². The molecule has 0 spiro atoms. The summed E-state index contributed by atoms with van der Waals surface area (Å²) in [6.07, 6.45) is 3.41. The average Bonchev–Trinajstić information content (AvgIpc) is 2.49. The van der Waals surface area contributed by atoms with E-state index in [0.29, 0.717) is 17.6 Å². The zero-order chi connectivity index (χ0) is 14.5. The largest absolute Gasteiger partial charge is 0.439 e. The van der Waals surface area contributed by atoms with Gasteiger partial charge >= 0.3 is 0 Å². The number of pyridine rings is 1. The van der Waals surface area contributed by atoms with Crippen molar-refractivity contribution in [2.24, 2.45) is 0 Å². The number of aromatic nitrogens is 3. The van der Waals surface area contributed by atoms with Crippen molar-refractivity contribution in [1.82, 2.24) is 15.0 Å². The van der Waals surface area contributed by atoms with E-state index >= 15 is 0 Å². The highest BCUT2D eigenvalue weighted by Gasteiger charge is 2.01. The molecule has 0 saturated heterocycles. The first-order valence-corrected chi connectivity index (χ1v) is 6.55. The third kappa shape index (κ3) is 3.54. The fourth-order valence-corrected chi connectivity index (χ4v) is 1.80. The highest BCUT2D eigenvalue weighted by atomic mass is 16.5. The molecule has 1 N–H and O–H groups in total. The fourth-order valence-electron chi connectivity index (χ4n) is 1.80. The van der Waals surface area contributed by atoms with Crippen LogP contribution in [-0.2, 0) is 0 Å². The highest BCUT2D eigenvalue weighted by molar-refractivity contribution is 5.56. The van der Waals surface area contributed by atoms with Crippen LogP contribution in [-0.4, -0.2) is 15.0 Å². The van der Waals surface area contributed by atoms with Gasteiger partial charge in [-0.15, -0.1) is 0 Å². The van der Waals surface area contributed by atoms with Gasteiger partial charge in [0.15, 0.2) is 0 Å². The summed E-state index contributed by atoms with van der Waals surface area (Å²) < 4.78 is 5.69. The Morgan fingerprint density at radius 2 is 1.90 bits per heavy atom. The Hall–Kier alpha value is -2.95. The first kappa shape index (κ1) is 13.1. The summed E-state index contributed by atoms with van der Waals surface area (Å²) in [5.74, 6) is 1.82. The van der Waals surface area contributed by atoms with Crippen LogP contribution in [0.4, 0.5) is 11.6 Å². The normalized spacial score (nSPS) is 10.1. The number of nitrogens with zero attached hydrogens (tertiary/aromatic N) is 3. The first-order chi connectivity index (χ1) is 10.3. The number of anilines is 2. The minimum Gasteiger partial charge on any atom is -0.439 e. The van der Waals surface area contributed by atoms with E-state index in [9.17, 15) is 0 Å². The first-order valence-electron chi connectivity index (χ1n) is 6.55. The molecule has 2 heterocycles. The fraction of sp³-hybridized carbons (Fsp3) is 0.0625. The Labute approximate surface area is 122 Å². The molecule has 0 bridgehead atoms. The van der Waals surface area contributed by atoms with Crippen LogP contribution in [0.2, 0.25) is 0 Å². The molecule has 0 aliphatic carbocycles. The van der Waals surface area contributed by atoms with E-state index in [4.69, 9.17) is 4.74 Å². The Kier molecular flexibility index (Phi) is 3.73. The molecule has 104 valence electrons. The molecule has 0 aliphatic heterocycles. The molecule has 0 amide bonds. The lowest BCUT2D eigenvalue weighted by Crippen LogP contribution is -1.97. The molecule has 0 radical (unpaired) electrons. The minimum absolute atomic E-state index is 0.557. The molecule has 0 fully saturated rings. The van der Waals surface area contributed by atoms with Crippen molar-refractivity contribution < 1.29 is 4.74 Å². The van der Waals surface area contributed by atoms with Crippen LogP contribution in [0.5, 0.6) is 11.6 Å². The van der Waals surface area contributed by atoms with Gasteiger partial charge in [-0.3, -0.25) is 0 Å². The molecule has 5 nitrogen and oxygen atoms in total. The van der Waals surface area contributed by atoms with Crippen LogP contribution in [0.25, 0.3) is 0 Å². The predicted molar refractivity (Wildman–Crippen MR) is 80.8 cm³/mol. The van der Waals surface area contributed by atoms with Crippen LogP contribution >= 0.6 is 0 Å². The van der Waals surface area contributed by atoms with E-state index in [2.05, 4.69) is 20.3 Å². The Balaban J connectivity index is 1.77. The number of nitrogens with one attached hydrogen (secondary N) is 1. The Morgan fingerprint density at radius 1 is 0.952 bits per heavy atom. The van der Waals surface area contributed by atoms with Gasteiger partial charge in [0.25, 0.3) is 0 Å². The smallest absolute Gasteiger partial charge is 0.227 e. The zero-order valence-electron chi connectivity index (χ0n) is 11.5. The molecule has 2 aromatic heterocycles. The van der Waals surface area contributed by atoms with Crippen LogP contribution in [0.3, 0.4) is 0 Å². The average molecular weight is 278 g/mol. The maximum Gasteiger partial charge on any atom is 0.227 e. The molecule has 0 atom stereocenters. The SMILES string of the molecule is Cc1ccnc(Nc2cccc(Oc3ccccn3)c2)n1. The van der Waals surface area contributed by atoms with E-state index in [1.54, 1.807) is 12.4 Å². The second-order valence-electron chi connectivity index (χ2n) is 4.44. The van der Waals surface area contributed by atoms with Gasteiger partial charge in [0, 0.05) is 35.9 Å². The Bertz CT molecular complexity index is 731. The van der Waals surface area contributed by atoms with Gasteiger partial charge in [-0.2, -0.15) is 0 Å². The molecule has 3 rings (SSSR count). The van der Waals surface area contributed by atoms with Crippen molar-refractivity contribution in [3.05, 3.63) is 66.6 Å². The summed E-state index contributed by atoms with van der Waals surface area (Å²) >= 11 is 0. The van der Waals surface area contributed by atoms with Crippen molar-refractivity contribution in [2.75, 3.05) is 5.32 Å². The maximum atomic E-state index is 5.69. The highest BCUT2D eigenvalue weighted by Crippen LogP contribution is 2.23. The number of benzene rings is 1. The van der Waals surface area contributed by atoms with Gasteiger partial charge in [0.1, 0.15) is 5.75 Å². The number of hydrogen-bond donors (Lipinski definition) is 1. The van der Waals surface area contributed by atoms with Crippen LogP contribution < -0.4 is 10.1 Å². The molecule has 21 heavy (non-hydrogen) atoms. The summed E-state index contributed by atoms with van der Waals surface area (Å²) in [4.78, 5) is 12.6. The predicted octanol–water partition coefficient (Wildman–Crippen LogP) is 3.72. The molecular weight excluding hydrogens is 264 g/mol. The van der Waals surface area contributed by atoms with Crippen molar-refractivity contribution in [1.29, 1.82) is 0 Å². The van der Waals surface area contributed by atoms with E-state index in [1.807, 2.05) is 55.5 Å². The third-order valence-electron chi connectivity index (χ3n) is 2.75. The summed E-state index contributed by atoms with van der Waals surface area (Å²) in [5, 5.41) is 3.15. The Morgan fingerprint density at radius 3 is 2.71 bits per heavy atom. The van der Waals surface area contributed by atoms with Crippen LogP contribution in [0.1, 0.15) is 5.69 Å². The third-order valence-corrected chi connectivity index (χ3v) is 2.75. The topological polar surface area (TPSA) is 59.9 Å². The van der Waals surface area contributed by atoms with E-state index in [1.165, 1.54) is 0 Å². The summed E-state index contributed by atoms with van der Waals surface area (Å²) in [5.41, 5.74) is 1.77. The second-order valence-corrected chi connectivity index (χ2v) is 4.44. The number of rotatable bonds is 4. The van der Waals surface area contributed by atoms with Crippen LogP contribution in [0.15, 0.2) is 60.9 Å².